The van der Waals surface area contributed by atoms with Gasteiger partial charge in [0.2, 0.25) is 0 Å². The highest BCUT2D eigenvalue weighted by molar-refractivity contribution is 6.30. The Kier molecular flexibility index (Phi) is 5.06. The van der Waals surface area contributed by atoms with Gasteiger partial charge in [0.1, 0.15) is 5.82 Å². The summed E-state index contributed by atoms with van der Waals surface area (Å²) in [4.78, 5) is 0. The summed E-state index contributed by atoms with van der Waals surface area (Å²) in [5, 5.41) is 0.162. The van der Waals surface area contributed by atoms with Gasteiger partial charge in [-0.3, -0.25) is 0 Å². The fourth-order valence-electron chi connectivity index (χ4n) is 2.48. The lowest BCUT2D eigenvalue weighted by molar-refractivity contribution is 0.458. The van der Waals surface area contributed by atoms with E-state index in [-0.39, 0.29) is 16.3 Å². The van der Waals surface area contributed by atoms with E-state index in [0.29, 0.717) is 5.88 Å². The van der Waals surface area contributed by atoms with Gasteiger partial charge in [-0.1, -0.05) is 54.9 Å². The molecule has 2 aromatic carbocycles. The lowest BCUT2D eigenvalue weighted by atomic mass is 9.75. The van der Waals surface area contributed by atoms with E-state index < -0.39 is 0 Å². The maximum absolute atomic E-state index is 13.3. The maximum Gasteiger partial charge on any atom is 0.141 e. The Labute approximate surface area is 129 Å². The van der Waals surface area contributed by atoms with Crippen molar-refractivity contribution in [2.24, 2.45) is 0 Å². The van der Waals surface area contributed by atoms with E-state index in [1.165, 1.54) is 11.6 Å². The van der Waals surface area contributed by atoms with Gasteiger partial charge in [0.15, 0.2) is 0 Å². The third-order valence-corrected chi connectivity index (χ3v) is 4.65. The zero-order valence-electron chi connectivity index (χ0n) is 11.4. The predicted octanol–water partition coefficient (Wildman–Crippen LogP) is 5.61. The number of alkyl halides is 1. The SMILES string of the molecule is CCC(CCl)(Cc1ccc(F)c(Cl)c1)c1ccccc1. The summed E-state index contributed by atoms with van der Waals surface area (Å²) in [7, 11) is 0. The van der Waals surface area contributed by atoms with Crippen LogP contribution in [0.25, 0.3) is 0 Å². The Balaban J connectivity index is 2.36. The Morgan fingerprint density at radius 3 is 2.35 bits per heavy atom. The van der Waals surface area contributed by atoms with Crippen LogP contribution in [0.5, 0.6) is 0 Å². The van der Waals surface area contributed by atoms with Gasteiger partial charge in [0.05, 0.1) is 5.02 Å². The molecule has 0 aliphatic rings. The third-order valence-electron chi connectivity index (χ3n) is 3.85. The molecule has 1 unspecified atom stereocenters. The molecule has 106 valence electrons. The topological polar surface area (TPSA) is 0 Å². The second kappa shape index (κ2) is 6.60. The van der Waals surface area contributed by atoms with Crippen molar-refractivity contribution in [2.75, 3.05) is 5.88 Å². The minimum absolute atomic E-state index is 0.149. The monoisotopic (exact) mass is 310 g/mol. The van der Waals surface area contributed by atoms with E-state index in [9.17, 15) is 4.39 Å². The smallest absolute Gasteiger partial charge is 0.141 e. The van der Waals surface area contributed by atoms with Crippen molar-refractivity contribution in [1.82, 2.24) is 0 Å². The molecular weight excluding hydrogens is 294 g/mol. The molecule has 2 rings (SSSR count). The molecule has 20 heavy (non-hydrogen) atoms. The summed E-state index contributed by atoms with van der Waals surface area (Å²) < 4.78 is 13.3. The van der Waals surface area contributed by atoms with E-state index in [2.05, 4.69) is 19.1 Å². The average molecular weight is 311 g/mol. The molecule has 0 nitrogen and oxygen atoms in total. The van der Waals surface area contributed by atoms with Crippen molar-refractivity contribution in [3.05, 3.63) is 70.5 Å². The molecule has 1 atom stereocenters. The van der Waals surface area contributed by atoms with Gasteiger partial charge in [-0.05, 0) is 36.1 Å². The molecule has 0 fully saturated rings. The summed E-state index contributed by atoms with van der Waals surface area (Å²) in [6.07, 6.45) is 1.66. The normalized spacial score (nSPS) is 14.0. The molecule has 0 aliphatic heterocycles. The van der Waals surface area contributed by atoms with Crippen LogP contribution in [0.1, 0.15) is 24.5 Å². The molecule has 0 N–H and O–H groups in total. The molecular formula is C17H17Cl2F. The lowest BCUT2D eigenvalue weighted by Crippen LogP contribution is -2.30. The van der Waals surface area contributed by atoms with Crippen molar-refractivity contribution in [3.63, 3.8) is 0 Å². The van der Waals surface area contributed by atoms with Crippen LogP contribution >= 0.6 is 23.2 Å². The second-order valence-corrected chi connectivity index (χ2v) is 5.73. The van der Waals surface area contributed by atoms with Gasteiger partial charge in [0.25, 0.3) is 0 Å². The predicted molar refractivity (Wildman–Crippen MR) is 84.2 cm³/mol. The number of halogens is 3. The van der Waals surface area contributed by atoms with Crippen LogP contribution < -0.4 is 0 Å². The van der Waals surface area contributed by atoms with Crippen molar-refractivity contribution < 1.29 is 4.39 Å². The van der Waals surface area contributed by atoms with E-state index >= 15 is 0 Å². The zero-order chi connectivity index (χ0) is 14.6. The standard InChI is InChI=1S/C17H17Cl2F/c1-2-17(12-18,14-6-4-3-5-7-14)11-13-8-9-16(20)15(19)10-13/h3-10H,2,11-12H2,1H3. The maximum atomic E-state index is 13.3. The van der Waals surface area contributed by atoms with Gasteiger partial charge in [-0.25, -0.2) is 4.39 Å². The summed E-state index contributed by atoms with van der Waals surface area (Å²) >= 11 is 12.1. The minimum atomic E-state index is -0.386. The van der Waals surface area contributed by atoms with Gasteiger partial charge in [-0.15, -0.1) is 11.6 Å². The van der Waals surface area contributed by atoms with Gasteiger partial charge in [-0.2, -0.15) is 0 Å². The fraction of sp³-hybridized carbons (Fsp3) is 0.294. The molecule has 0 radical (unpaired) electrons. The van der Waals surface area contributed by atoms with Crippen molar-refractivity contribution in [2.45, 2.75) is 25.2 Å². The number of rotatable bonds is 5. The number of hydrogen-bond acceptors (Lipinski definition) is 0. The van der Waals surface area contributed by atoms with Gasteiger partial charge < -0.3 is 0 Å². The Hall–Kier alpha value is -1.05. The van der Waals surface area contributed by atoms with Crippen LogP contribution in [0.2, 0.25) is 5.02 Å². The molecule has 0 aromatic heterocycles. The number of benzene rings is 2. The Morgan fingerprint density at radius 2 is 1.80 bits per heavy atom. The van der Waals surface area contributed by atoms with Crippen molar-refractivity contribution in [1.29, 1.82) is 0 Å². The molecule has 0 amide bonds. The van der Waals surface area contributed by atoms with Crippen LogP contribution in [0.3, 0.4) is 0 Å². The van der Waals surface area contributed by atoms with E-state index in [0.717, 1.165) is 18.4 Å². The van der Waals surface area contributed by atoms with Gasteiger partial charge >= 0.3 is 0 Å². The first kappa shape index (κ1) is 15.3. The lowest BCUT2D eigenvalue weighted by Gasteiger charge is -2.31. The van der Waals surface area contributed by atoms with Crippen molar-refractivity contribution in [3.8, 4) is 0 Å². The number of hydrogen-bond donors (Lipinski definition) is 0. The highest BCUT2D eigenvalue weighted by Gasteiger charge is 2.29. The van der Waals surface area contributed by atoms with Crippen LogP contribution in [-0.2, 0) is 11.8 Å². The summed E-state index contributed by atoms with van der Waals surface area (Å²) in [5.41, 5.74) is 2.06. The van der Waals surface area contributed by atoms with E-state index in [4.69, 9.17) is 23.2 Å². The van der Waals surface area contributed by atoms with E-state index in [1.807, 2.05) is 18.2 Å². The summed E-state index contributed by atoms with van der Waals surface area (Å²) in [6.45, 7) is 2.13. The highest BCUT2D eigenvalue weighted by atomic mass is 35.5. The first-order valence-corrected chi connectivity index (χ1v) is 7.58. The molecule has 0 spiro atoms. The fourth-order valence-corrected chi connectivity index (χ4v) is 3.12. The quantitative estimate of drug-likeness (QED) is 0.630. The van der Waals surface area contributed by atoms with Crippen LogP contribution in [0, 0.1) is 5.82 Å². The molecule has 0 bridgehead atoms. The Morgan fingerprint density at radius 1 is 1.10 bits per heavy atom. The summed E-state index contributed by atoms with van der Waals surface area (Å²) in [6, 6.07) is 15.1. The van der Waals surface area contributed by atoms with Crippen molar-refractivity contribution >= 4 is 23.2 Å². The average Bonchev–Trinajstić information content (AvgIpc) is 2.49. The molecule has 2 aromatic rings. The molecule has 3 heteroatoms. The van der Waals surface area contributed by atoms with Crippen LogP contribution in [0.4, 0.5) is 4.39 Å². The molecule has 0 aliphatic carbocycles. The highest BCUT2D eigenvalue weighted by Crippen LogP contribution is 2.34. The summed E-state index contributed by atoms with van der Waals surface area (Å²) in [5.74, 6) is 0.130. The Bertz CT molecular complexity index is 562. The first-order valence-electron chi connectivity index (χ1n) is 6.67. The minimum Gasteiger partial charge on any atom is -0.205 e. The molecule has 0 saturated carbocycles. The zero-order valence-corrected chi connectivity index (χ0v) is 12.9. The third kappa shape index (κ3) is 3.16. The molecule has 0 heterocycles. The second-order valence-electron chi connectivity index (χ2n) is 5.06. The van der Waals surface area contributed by atoms with Gasteiger partial charge in [0, 0.05) is 11.3 Å². The van der Waals surface area contributed by atoms with Crippen LogP contribution in [0.15, 0.2) is 48.5 Å². The molecule has 0 saturated heterocycles. The first-order chi connectivity index (χ1) is 9.61. The van der Waals surface area contributed by atoms with Crippen LogP contribution in [-0.4, -0.2) is 5.88 Å². The largest absolute Gasteiger partial charge is 0.205 e. The van der Waals surface area contributed by atoms with E-state index in [1.54, 1.807) is 12.1 Å².